The zero-order valence-electron chi connectivity index (χ0n) is 6.60. The average molecular weight is 179 g/mol. The molecule has 2 N–H and O–H groups in total. The molecule has 6 heteroatoms. The lowest BCUT2D eigenvalue weighted by molar-refractivity contribution is -0.181. The van der Waals surface area contributed by atoms with Crippen molar-refractivity contribution in [3.05, 3.63) is 0 Å². The van der Waals surface area contributed by atoms with E-state index >= 15 is 0 Å². The molecule has 0 aromatic heterocycles. The van der Waals surface area contributed by atoms with Crippen LogP contribution in [0, 0.1) is 0 Å². The van der Waals surface area contributed by atoms with E-state index in [0.29, 0.717) is 6.41 Å². The molecule has 0 aliphatic rings. The van der Waals surface area contributed by atoms with Crippen molar-refractivity contribution >= 4 is 16.2 Å². The standard InChI is InChI=1S/C5H13NO4Si/c1-4(6(2)3-7)11-10-5(8)9/h3-5,8-9H,11H2,1-2H3. The number of amides is 1. The maximum Gasteiger partial charge on any atom is 0.256 e. The van der Waals surface area contributed by atoms with Crippen molar-refractivity contribution < 1.29 is 19.4 Å². The first-order valence-electron chi connectivity index (χ1n) is 3.23. The fourth-order valence-electron chi connectivity index (χ4n) is 0.447. The zero-order valence-corrected chi connectivity index (χ0v) is 8.01. The van der Waals surface area contributed by atoms with Crippen LogP contribution < -0.4 is 0 Å². The van der Waals surface area contributed by atoms with Gasteiger partial charge in [0.15, 0.2) is 9.76 Å². The second-order valence-corrected chi connectivity index (χ2v) is 4.13. The lowest BCUT2D eigenvalue weighted by atomic mass is 10.7. The van der Waals surface area contributed by atoms with Crippen molar-refractivity contribution in [1.82, 2.24) is 4.90 Å². The average Bonchev–Trinajstić information content (AvgIpc) is 1.98. The highest BCUT2D eigenvalue weighted by Crippen LogP contribution is 1.90. The Kier molecular flexibility index (Phi) is 5.04. The number of rotatable bonds is 5. The van der Waals surface area contributed by atoms with E-state index in [1.54, 1.807) is 14.0 Å². The lowest BCUT2D eigenvalue weighted by Gasteiger charge is -2.19. The van der Waals surface area contributed by atoms with Crippen LogP contribution in [0.2, 0.25) is 0 Å². The maximum absolute atomic E-state index is 10.2. The maximum atomic E-state index is 10.2. The predicted molar refractivity (Wildman–Crippen MR) is 41.1 cm³/mol. The molecule has 0 saturated heterocycles. The summed E-state index contributed by atoms with van der Waals surface area (Å²) in [6.07, 6.45) is 0.685. The van der Waals surface area contributed by atoms with Crippen LogP contribution in [0.5, 0.6) is 0 Å². The normalized spacial score (nSPS) is 14.3. The van der Waals surface area contributed by atoms with Crippen LogP contribution in [0.3, 0.4) is 0 Å². The first-order chi connectivity index (χ1) is 5.07. The Labute approximate surface area is 67.5 Å². The third-order valence-corrected chi connectivity index (χ3v) is 2.90. The molecule has 11 heavy (non-hydrogen) atoms. The Hall–Kier alpha value is -0.433. The molecule has 0 spiro atoms. The van der Waals surface area contributed by atoms with Crippen molar-refractivity contribution in [3.8, 4) is 0 Å². The second kappa shape index (κ2) is 5.25. The first-order valence-corrected chi connectivity index (χ1v) is 4.62. The fraction of sp³-hybridized carbons (Fsp3) is 0.800. The van der Waals surface area contributed by atoms with Gasteiger partial charge in [0.2, 0.25) is 6.41 Å². The molecule has 1 atom stereocenters. The Morgan fingerprint density at radius 3 is 2.55 bits per heavy atom. The third-order valence-electron chi connectivity index (χ3n) is 1.35. The summed E-state index contributed by atoms with van der Waals surface area (Å²) in [5, 5.41) is 16.6. The molecular formula is C5H13NO4Si. The van der Waals surface area contributed by atoms with Gasteiger partial charge in [-0.2, -0.15) is 0 Å². The molecule has 0 fully saturated rings. The predicted octanol–water partition coefficient (Wildman–Crippen LogP) is -2.21. The van der Waals surface area contributed by atoms with Gasteiger partial charge in [0.25, 0.3) is 6.48 Å². The fourth-order valence-corrected chi connectivity index (χ4v) is 1.22. The molecule has 5 nitrogen and oxygen atoms in total. The number of aliphatic hydroxyl groups is 2. The quantitative estimate of drug-likeness (QED) is 0.285. The van der Waals surface area contributed by atoms with Crippen molar-refractivity contribution in [2.75, 3.05) is 7.05 Å². The summed E-state index contributed by atoms with van der Waals surface area (Å²) < 4.78 is 4.58. The Balaban J connectivity index is 3.51. The summed E-state index contributed by atoms with van der Waals surface area (Å²) in [5.74, 6) is 0. The number of aliphatic hydroxyl groups excluding tert-OH is 1. The molecule has 0 radical (unpaired) electrons. The van der Waals surface area contributed by atoms with E-state index < -0.39 is 16.2 Å². The highest BCUT2D eigenvalue weighted by molar-refractivity contribution is 6.29. The molecule has 1 amide bonds. The summed E-state index contributed by atoms with van der Waals surface area (Å²) >= 11 is 0. The summed E-state index contributed by atoms with van der Waals surface area (Å²) in [4.78, 5) is 11.6. The van der Waals surface area contributed by atoms with Crippen molar-refractivity contribution in [2.45, 2.75) is 19.1 Å². The number of carbonyl (C=O) groups is 1. The lowest BCUT2D eigenvalue weighted by Crippen LogP contribution is -2.35. The van der Waals surface area contributed by atoms with Crippen LogP contribution in [0.1, 0.15) is 6.92 Å². The smallest absolute Gasteiger partial charge is 0.256 e. The van der Waals surface area contributed by atoms with E-state index in [-0.39, 0.29) is 5.67 Å². The zero-order chi connectivity index (χ0) is 8.85. The van der Waals surface area contributed by atoms with Gasteiger partial charge < -0.3 is 19.5 Å². The number of hydrogen-bond acceptors (Lipinski definition) is 4. The topological polar surface area (TPSA) is 70.0 Å². The minimum Gasteiger partial charge on any atom is -0.377 e. The number of carbonyl (C=O) groups excluding carboxylic acids is 1. The van der Waals surface area contributed by atoms with Crippen LogP contribution >= 0.6 is 0 Å². The van der Waals surface area contributed by atoms with Crippen LogP contribution in [-0.4, -0.2) is 50.5 Å². The van der Waals surface area contributed by atoms with Gasteiger partial charge in [-0.3, -0.25) is 4.79 Å². The Bertz CT molecular complexity index is 121. The van der Waals surface area contributed by atoms with Gasteiger partial charge in [-0.1, -0.05) is 0 Å². The van der Waals surface area contributed by atoms with Gasteiger partial charge >= 0.3 is 0 Å². The molecule has 1 unspecified atom stereocenters. The molecule has 66 valence electrons. The summed E-state index contributed by atoms with van der Waals surface area (Å²) in [7, 11) is 0.547. The van der Waals surface area contributed by atoms with E-state index in [1.807, 2.05) is 0 Å². The highest BCUT2D eigenvalue weighted by atomic mass is 28.2. The first kappa shape index (κ1) is 10.6. The molecule has 0 aliphatic heterocycles. The summed E-state index contributed by atoms with van der Waals surface area (Å²) in [6, 6.07) is 0. The van der Waals surface area contributed by atoms with E-state index in [9.17, 15) is 4.79 Å². The molecule has 0 aromatic carbocycles. The minimum absolute atomic E-state index is 0.0192. The highest BCUT2D eigenvalue weighted by Gasteiger charge is 2.09. The van der Waals surface area contributed by atoms with Crippen molar-refractivity contribution in [1.29, 1.82) is 0 Å². The van der Waals surface area contributed by atoms with Gasteiger partial charge in [-0.25, -0.2) is 0 Å². The van der Waals surface area contributed by atoms with E-state index in [0.717, 1.165) is 0 Å². The summed E-state index contributed by atoms with van der Waals surface area (Å²) in [6.45, 7) is 0.0902. The summed E-state index contributed by atoms with van der Waals surface area (Å²) in [5.41, 5.74) is -0.0192. The van der Waals surface area contributed by atoms with Crippen molar-refractivity contribution in [2.24, 2.45) is 0 Å². The minimum atomic E-state index is -1.70. The van der Waals surface area contributed by atoms with Gasteiger partial charge in [0, 0.05) is 12.7 Å². The monoisotopic (exact) mass is 179 g/mol. The van der Waals surface area contributed by atoms with Crippen LogP contribution in [-0.2, 0) is 9.22 Å². The molecule has 0 aromatic rings. The van der Waals surface area contributed by atoms with E-state index in [1.165, 1.54) is 4.90 Å². The van der Waals surface area contributed by atoms with Crippen molar-refractivity contribution in [3.63, 3.8) is 0 Å². The van der Waals surface area contributed by atoms with Gasteiger partial charge in [0.05, 0.1) is 0 Å². The van der Waals surface area contributed by atoms with Gasteiger partial charge in [-0.05, 0) is 6.92 Å². The van der Waals surface area contributed by atoms with Crippen LogP contribution in [0.25, 0.3) is 0 Å². The molecule has 0 aliphatic carbocycles. The van der Waals surface area contributed by atoms with E-state index in [4.69, 9.17) is 10.2 Å². The molecule has 0 heterocycles. The Morgan fingerprint density at radius 2 is 2.18 bits per heavy atom. The number of hydrogen-bond donors (Lipinski definition) is 2. The third kappa shape index (κ3) is 4.91. The molecule has 0 rings (SSSR count). The van der Waals surface area contributed by atoms with Crippen LogP contribution in [0.15, 0.2) is 0 Å². The SMILES string of the molecule is CC([SiH2]OC(O)O)N(C)C=O. The largest absolute Gasteiger partial charge is 0.377 e. The molecular weight excluding hydrogens is 166 g/mol. The Morgan fingerprint density at radius 1 is 1.64 bits per heavy atom. The van der Waals surface area contributed by atoms with Gasteiger partial charge in [0.1, 0.15) is 0 Å². The second-order valence-electron chi connectivity index (χ2n) is 2.28. The van der Waals surface area contributed by atoms with E-state index in [2.05, 4.69) is 4.43 Å². The van der Waals surface area contributed by atoms with Crippen LogP contribution in [0.4, 0.5) is 0 Å². The molecule has 0 saturated carbocycles. The molecule has 0 bridgehead atoms. The number of nitrogens with zero attached hydrogens (tertiary/aromatic N) is 1. The van der Waals surface area contributed by atoms with Gasteiger partial charge in [-0.15, -0.1) is 0 Å².